The lowest BCUT2D eigenvalue weighted by Gasteiger charge is -2.32. The van der Waals surface area contributed by atoms with E-state index in [1.54, 1.807) is 0 Å². The highest BCUT2D eigenvalue weighted by molar-refractivity contribution is 5.91. The molecule has 0 saturated heterocycles. The average Bonchev–Trinajstić information content (AvgIpc) is 2.20. The van der Waals surface area contributed by atoms with Crippen LogP contribution in [-0.4, -0.2) is 5.78 Å². The molecule has 0 N–H and O–H groups in total. The molecule has 2 atom stereocenters. The fraction of sp³-hybridized carbons (Fsp3) is 0.700. The number of rotatable bonds is 0. The minimum absolute atomic E-state index is 0.155. The molecule has 2 bridgehead atoms. The Hall–Kier alpha value is -0.590. The number of hydrogen-bond acceptors (Lipinski definition) is 1. The monoisotopic (exact) mass is 150 g/mol. The Labute approximate surface area is 67.5 Å². The second-order valence-corrected chi connectivity index (χ2v) is 4.52. The molecule has 1 nitrogen and oxygen atoms in total. The van der Waals surface area contributed by atoms with Crippen LogP contribution in [0.2, 0.25) is 0 Å². The molecule has 0 heterocycles. The Bertz CT molecular complexity index is 250. The van der Waals surface area contributed by atoms with Crippen LogP contribution in [-0.2, 0) is 4.79 Å². The molecule has 0 spiro atoms. The van der Waals surface area contributed by atoms with Crippen molar-refractivity contribution in [3.8, 4) is 0 Å². The van der Waals surface area contributed by atoms with Gasteiger partial charge in [0.2, 0.25) is 0 Å². The molecule has 0 aromatic carbocycles. The summed E-state index contributed by atoms with van der Waals surface area (Å²) in [5, 5.41) is 0. The first-order valence-corrected chi connectivity index (χ1v) is 4.21. The van der Waals surface area contributed by atoms with Gasteiger partial charge in [0, 0.05) is 11.8 Å². The first-order chi connectivity index (χ1) is 4.98. The largest absolute Gasteiger partial charge is 0.299 e. The van der Waals surface area contributed by atoms with Crippen molar-refractivity contribution in [2.45, 2.75) is 27.2 Å². The van der Waals surface area contributed by atoms with Gasteiger partial charge in [0.15, 0.2) is 0 Å². The normalized spacial score (nSPS) is 45.4. The van der Waals surface area contributed by atoms with Crippen LogP contribution in [0.15, 0.2) is 12.2 Å². The molecule has 1 fully saturated rings. The highest BCUT2D eigenvalue weighted by Crippen LogP contribution is 2.59. The van der Waals surface area contributed by atoms with Gasteiger partial charge in [-0.2, -0.15) is 0 Å². The topological polar surface area (TPSA) is 17.1 Å². The molecule has 0 radical (unpaired) electrons. The van der Waals surface area contributed by atoms with Crippen LogP contribution in [0.5, 0.6) is 0 Å². The minimum atomic E-state index is -0.155. The first-order valence-electron chi connectivity index (χ1n) is 4.21. The second kappa shape index (κ2) is 1.60. The molecule has 60 valence electrons. The molecular weight excluding hydrogens is 136 g/mol. The van der Waals surface area contributed by atoms with Crippen LogP contribution in [0.1, 0.15) is 27.2 Å². The lowest BCUT2D eigenvalue weighted by atomic mass is 9.70. The standard InChI is InChI=1S/C10H14O/c1-9(2)7-4-5-10(9,3)8(11)6-7/h4-5,7H,6H2,1-3H3/t7-,10-/m0/s1. The third-order valence-corrected chi connectivity index (χ3v) is 3.91. The van der Waals surface area contributed by atoms with Gasteiger partial charge in [-0.1, -0.05) is 26.0 Å². The maximum atomic E-state index is 11.5. The summed E-state index contributed by atoms with van der Waals surface area (Å²) in [7, 11) is 0. The molecule has 0 unspecified atom stereocenters. The molecule has 1 heteroatoms. The lowest BCUT2D eigenvalue weighted by molar-refractivity contribution is -0.125. The SMILES string of the molecule is CC1(C)[C@H]2C=C[C@@]1(C)C(=O)C2. The van der Waals surface area contributed by atoms with Gasteiger partial charge in [-0.05, 0) is 18.3 Å². The van der Waals surface area contributed by atoms with Crippen molar-refractivity contribution >= 4 is 5.78 Å². The Morgan fingerprint density at radius 2 is 2.09 bits per heavy atom. The fourth-order valence-corrected chi connectivity index (χ4v) is 2.34. The van der Waals surface area contributed by atoms with Crippen molar-refractivity contribution in [3.63, 3.8) is 0 Å². The Morgan fingerprint density at radius 3 is 2.27 bits per heavy atom. The molecule has 1 saturated carbocycles. The van der Waals surface area contributed by atoms with Gasteiger partial charge in [-0.3, -0.25) is 4.79 Å². The van der Waals surface area contributed by atoms with E-state index in [0.29, 0.717) is 11.7 Å². The second-order valence-electron chi connectivity index (χ2n) is 4.52. The maximum Gasteiger partial charge on any atom is 0.143 e. The van der Waals surface area contributed by atoms with E-state index in [1.165, 1.54) is 0 Å². The summed E-state index contributed by atoms with van der Waals surface area (Å²) >= 11 is 0. The van der Waals surface area contributed by atoms with Crippen molar-refractivity contribution in [1.82, 2.24) is 0 Å². The summed E-state index contributed by atoms with van der Waals surface area (Å²) < 4.78 is 0. The molecule has 11 heavy (non-hydrogen) atoms. The van der Waals surface area contributed by atoms with Gasteiger partial charge in [0.25, 0.3) is 0 Å². The number of carbonyl (C=O) groups is 1. The van der Waals surface area contributed by atoms with Gasteiger partial charge in [-0.25, -0.2) is 0 Å². The van der Waals surface area contributed by atoms with Crippen LogP contribution in [0.3, 0.4) is 0 Å². The predicted octanol–water partition coefficient (Wildman–Crippen LogP) is 2.18. The number of allylic oxidation sites excluding steroid dienone is 2. The van der Waals surface area contributed by atoms with E-state index in [9.17, 15) is 4.79 Å². The summed E-state index contributed by atoms with van der Waals surface area (Å²) in [6, 6.07) is 0. The Kier molecular flexibility index (Phi) is 1.03. The summed E-state index contributed by atoms with van der Waals surface area (Å²) in [6.07, 6.45) is 5.07. The summed E-state index contributed by atoms with van der Waals surface area (Å²) in [4.78, 5) is 11.5. The summed E-state index contributed by atoms with van der Waals surface area (Å²) in [5.41, 5.74) is 0.0156. The van der Waals surface area contributed by atoms with Gasteiger partial charge in [0.05, 0.1) is 0 Å². The molecule has 0 aromatic rings. The Morgan fingerprint density at radius 1 is 1.45 bits per heavy atom. The highest BCUT2D eigenvalue weighted by atomic mass is 16.1. The van der Waals surface area contributed by atoms with E-state index >= 15 is 0 Å². The highest BCUT2D eigenvalue weighted by Gasteiger charge is 2.58. The quantitative estimate of drug-likeness (QED) is 0.484. The van der Waals surface area contributed by atoms with E-state index < -0.39 is 0 Å². The third kappa shape index (κ3) is 0.559. The minimum Gasteiger partial charge on any atom is -0.299 e. The Balaban J connectivity index is 2.55. The molecule has 0 amide bonds. The number of ketones is 1. The third-order valence-electron chi connectivity index (χ3n) is 3.91. The summed E-state index contributed by atoms with van der Waals surface area (Å²) in [5.74, 6) is 0.926. The molecular formula is C10H14O. The smallest absolute Gasteiger partial charge is 0.143 e. The molecule has 0 aliphatic heterocycles. The van der Waals surface area contributed by atoms with Crippen molar-refractivity contribution in [1.29, 1.82) is 0 Å². The molecule has 2 aliphatic carbocycles. The predicted molar refractivity (Wildman–Crippen MR) is 44.1 cm³/mol. The molecule has 2 aliphatic rings. The first kappa shape index (κ1) is 7.08. The van der Waals surface area contributed by atoms with Crippen LogP contribution in [0, 0.1) is 16.7 Å². The van der Waals surface area contributed by atoms with E-state index in [-0.39, 0.29) is 10.8 Å². The van der Waals surface area contributed by atoms with Crippen LogP contribution < -0.4 is 0 Å². The van der Waals surface area contributed by atoms with Crippen molar-refractivity contribution in [3.05, 3.63) is 12.2 Å². The number of Topliss-reactive ketones (excluding diaryl/α,β-unsaturated/α-hetero) is 1. The number of carbonyl (C=O) groups excluding carboxylic acids is 1. The number of hydrogen-bond donors (Lipinski definition) is 0. The van der Waals surface area contributed by atoms with E-state index in [1.807, 2.05) is 0 Å². The van der Waals surface area contributed by atoms with E-state index in [0.717, 1.165) is 6.42 Å². The van der Waals surface area contributed by atoms with Crippen molar-refractivity contribution in [2.24, 2.45) is 16.7 Å². The zero-order valence-electron chi connectivity index (χ0n) is 7.35. The van der Waals surface area contributed by atoms with E-state index in [2.05, 4.69) is 32.9 Å². The van der Waals surface area contributed by atoms with Crippen molar-refractivity contribution < 1.29 is 4.79 Å². The van der Waals surface area contributed by atoms with Gasteiger partial charge in [0.1, 0.15) is 5.78 Å². The number of fused-ring (bicyclic) bond motifs is 2. The average molecular weight is 150 g/mol. The van der Waals surface area contributed by atoms with E-state index in [4.69, 9.17) is 0 Å². The fourth-order valence-electron chi connectivity index (χ4n) is 2.34. The van der Waals surface area contributed by atoms with Crippen molar-refractivity contribution in [2.75, 3.05) is 0 Å². The van der Waals surface area contributed by atoms with Gasteiger partial charge >= 0.3 is 0 Å². The van der Waals surface area contributed by atoms with Crippen LogP contribution in [0.4, 0.5) is 0 Å². The van der Waals surface area contributed by atoms with Gasteiger partial charge in [-0.15, -0.1) is 0 Å². The van der Waals surface area contributed by atoms with Gasteiger partial charge < -0.3 is 0 Å². The summed E-state index contributed by atoms with van der Waals surface area (Å²) in [6.45, 7) is 6.46. The zero-order chi connectivity index (χ0) is 8.28. The maximum absolute atomic E-state index is 11.5. The lowest BCUT2D eigenvalue weighted by Crippen LogP contribution is -2.32. The zero-order valence-corrected chi connectivity index (χ0v) is 7.35. The molecule has 2 rings (SSSR count). The molecule has 0 aromatic heterocycles. The van der Waals surface area contributed by atoms with Crippen LogP contribution >= 0.6 is 0 Å². The van der Waals surface area contributed by atoms with Crippen LogP contribution in [0.25, 0.3) is 0 Å².